The summed E-state index contributed by atoms with van der Waals surface area (Å²) in [6, 6.07) is 0. The lowest BCUT2D eigenvalue weighted by Crippen LogP contribution is -2.28. The molecule has 2 N–H and O–H groups in total. The minimum atomic E-state index is -0.572. The molecule has 0 aromatic carbocycles. The van der Waals surface area contributed by atoms with Crippen LogP contribution in [0.2, 0.25) is 18.6 Å². The largest absolute Gasteiger partial charge is 0.389 e. The van der Waals surface area contributed by atoms with Crippen LogP contribution in [0.1, 0.15) is 0 Å². The molecule has 10 heavy (non-hydrogen) atoms. The summed E-state index contributed by atoms with van der Waals surface area (Å²) in [5, 5.41) is 18.6. The molecule has 0 spiro atoms. The fourth-order valence-electron chi connectivity index (χ4n) is 1.35. The lowest BCUT2D eigenvalue weighted by Gasteiger charge is -2.20. The van der Waals surface area contributed by atoms with Crippen LogP contribution in [-0.2, 0) is 0 Å². The molecule has 0 fully saturated rings. The maximum atomic E-state index is 9.31. The molecule has 3 atom stereocenters. The molecule has 0 saturated heterocycles. The van der Waals surface area contributed by atoms with Crippen LogP contribution in [0.4, 0.5) is 0 Å². The summed E-state index contributed by atoms with van der Waals surface area (Å²) in [4.78, 5) is 0. The molecule has 1 aliphatic carbocycles. The van der Waals surface area contributed by atoms with E-state index in [0.717, 1.165) is 0 Å². The third-order valence-electron chi connectivity index (χ3n) is 1.91. The molecule has 0 aromatic rings. The Morgan fingerprint density at radius 2 is 1.50 bits per heavy atom. The minimum absolute atomic E-state index is 0.102. The van der Waals surface area contributed by atoms with Gasteiger partial charge in [-0.25, -0.2) is 0 Å². The first kappa shape index (κ1) is 7.98. The molecule has 1 rings (SSSR count). The fraction of sp³-hybridized carbons (Fsp3) is 0.714. The van der Waals surface area contributed by atoms with Crippen LogP contribution in [0.25, 0.3) is 0 Å². The van der Waals surface area contributed by atoms with E-state index in [-0.39, 0.29) is 5.54 Å². The highest BCUT2D eigenvalue weighted by atomic mass is 28.3. The van der Waals surface area contributed by atoms with Gasteiger partial charge in [0.05, 0.1) is 21.0 Å². The lowest BCUT2D eigenvalue weighted by atomic mass is 10.3. The quantitative estimate of drug-likeness (QED) is 0.427. The lowest BCUT2D eigenvalue weighted by molar-refractivity contribution is 0.150. The van der Waals surface area contributed by atoms with E-state index in [1.54, 1.807) is 12.2 Å². The zero-order valence-electron chi connectivity index (χ0n) is 6.28. The summed E-state index contributed by atoms with van der Waals surface area (Å²) < 4.78 is 0. The van der Waals surface area contributed by atoms with Crippen molar-refractivity contribution in [3.8, 4) is 0 Å². The summed E-state index contributed by atoms with van der Waals surface area (Å²) in [6.07, 6.45) is 2.57. The summed E-state index contributed by atoms with van der Waals surface area (Å²) in [7, 11) is -0.572. The molecular weight excluding hydrogens is 144 g/mol. The van der Waals surface area contributed by atoms with Crippen molar-refractivity contribution in [1.82, 2.24) is 0 Å². The molecule has 57 valence electrons. The number of aliphatic hydroxyl groups excluding tert-OH is 2. The van der Waals surface area contributed by atoms with Gasteiger partial charge in [-0.1, -0.05) is 25.2 Å². The molecule has 0 bridgehead atoms. The standard InChI is InChI=1S/C7H13O2Si/c1-10(2)7-5(8)3-4-6(7)9/h3-9H,1-2H3/t5-,6+,7?. The van der Waals surface area contributed by atoms with E-state index in [0.29, 0.717) is 0 Å². The van der Waals surface area contributed by atoms with E-state index in [2.05, 4.69) is 13.1 Å². The van der Waals surface area contributed by atoms with Gasteiger partial charge in [-0.15, -0.1) is 0 Å². The second kappa shape index (κ2) is 2.86. The smallest absolute Gasteiger partial charge is 0.0751 e. The molecule has 3 heteroatoms. The van der Waals surface area contributed by atoms with Crippen LogP contribution in [0.15, 0.2) is 12.2 Å². The molecule has 1 unspecified atom stereocenters. The van der Waals surface area contributed by atoms with E-state index in [4.69, 9.17) is 0 Å². The topological polar surface area (TPSA) is 40.5 Å². The van der Waals surface area contributed by atoms with Gasteiger partial charge >= 0.3 is 0 Å². The van der Waals surface area contributed by atoms with Crippen molar-refractivity contribution in [3.63, 3.8) is 0 Å². The van der Waals surface area contributed by atoms with Gasteiger partial charge in [-0.3, -0.25) is 0 Å². The van der Waals surface area contributed by atoms with Crippen molar-refractivity contribution in [3.05, 3.63) is 12.2 Å². The summed E-state index contributed by atoms with van der Waals surface area (Å²) in [5.74, 6) is 0. The number of hydrogen-bond acceptors (Lipinski definition) is 2. The average Bonchev–Trinajstić information content (AvgIpc) is 2.11. The molecule has 0 aromatic heterocycles. The minimum Gasteiger partial charge on any atom is -0.389 e. The van der Waals surface area contributed by atoms with Gasteiger partial charge in [0.15, 0.2) is 0 Å². The first-order chi connectivity index (χ1) is 4.63. The second-order valence-corrected chi connectivity index (χ2v) is 5.79. The van der Waals surface area contributed by atoms with Gasteiger partial charge in [0, 0.05) is 5.54 Å². The first-order valence-corrected chi connectivity index (χ1v) is 6.05. The Kier molecular flexibility index (Phi) is 2.28. The Morgan fingerprint density at radius 1 is 1.10 bits per heavy atom. The Balaban J connectivity index is 2.60. The molecular formula is C7H13O2Si. The zero-order chi connectivity index (χ0) is 7.72. The van der Waals surface area contributed by atoms with Gasteiger partial charge in [0.25, 0.3) is 0 Å². The van der Waals surface area contributed by atoms with Crippen molar-refractivity contribution in [1.29, 1.82) is 0 Å². The fourth-order valence-corrected chi connectivity index (χ4v) is 2.94. The molecule has 0 heterocycles. The molecule has 0 amide bonds. The molecule has 0 saturated carbocycles. The van der Waals surface area contributed by atoms with Crippen LogP contribution in [-0.4, -0.2) is 31.2 Å². The third kappa shape index (κ3) is 1.31. The zero-order valence-corrected chi connectivity index (χ0v) is 7.28. The number of rotatable bonds is 1. The Morgan fingerprint density at radius 3 is 1.70 bits per heavy atom. The van der Waals surface area contributed by atoms with Crippen molar-refractivity contribution < 1.29 is 10.2 Å². The maximum absolute atomic E-state index is 9.31. The third-order valence-corrected chi connectivity index (χ3v) is 3.92. The summed E-state index contributed by atoms with van der Waals surface area (Å²) in [5.41, 5.74) is 0.102. The second-order valence-electron chi connectivity index (χ2n) is 2.97. The van der Waals surface area contributed by atoms with E-state index in [9.17, 15) is 10.2 Å². The van der Waals surface area contributed by atoms with Crippen molar-refractivity contribution in [2.24, 2.45) is 0 Å². The van der Waals surface area contributed by atoms with Crippen LogP contribution in [0, 0.1) is 0 Å². The van der Waals surface area contributed by atoms with Gasteiger partial charge in [0.2, 0.25) is 0 Å². The average molecular weight is 157 g/mol. The van der Waals surface area contributed by atoms with Crippen LogP contribution in [0.3, 0.4) is 0 Å². The highest BCUT2D eigenvalue weighted by molar-refractivity contribution is 6.58. The maximum Gasteiger partial charge on any atom is 0.0751 e. The Labute approximate surface area is 62.8 Å². The SMILES string of the molecule is C[Si](C)C1[C@H](O)C=C[C@@H]1O. The highest BCUT2D eigenvalue weighted by Crippen LogP contribution is 2.27. The molecule has 0 aliphatic heterocycles. The Bertz CT molecular complexity index is 133. The predicted octanol–water partition coefficient (Wildman–Crippen LogP) is 0.403. The summed E-state index contributed by atoms with van der Waals surface area (Å²) in [6.45, 7) is 4.21. The van der Waals surface area contributed by atoms with Crippen molar-refractivity contribution in [2.45, 2.75) is 30.8 Å². The Hall–Kier alpha value is -0.123. The van der Waals surface area contributed by atoms with Gasteiger partial charge in [0.1, 0.15) is 0 Å². The highest BCUT2D eigenvalue weighted by Gasteiger charge is 2.31. The first-order valence-electron chi connectivity index (χ1n) is 3.47. The summed E-state index contributed by atoms with van der Waals surface area (Å²) >= 11 is 0. The van der Waals surface area contributed by atoms with E-state index in [1.807, 2.05) is 0 Å². The van der Waals surface area contributed by atoms with Crippen molar-refractivity contribution >= 4 is 8.80 Å². The van der Waals surface area contributed by atoms with Crippen LogP contribution in [0.5, 0.6) is 0 Å². The monoisotopic (exact) mass is 157 g/mol. The molecule has 1 radical (unpaired) electrons. The van der Waals surface area contributed by atoms with E-state index >= 15 is 0 Å². The van der Waals surface area contributed by atoms with Gasteiger partial charge in [-0.05, 0) is 0 Å². The van der Waals surface area contributed by atoms with E-state index in [1.165, 1.54) is 0 Å². The molecule has 2 nitrogen and oxygen atoms in total. The normalized spacial score (nSPS) is 39.5. The number of hydrogen-bond donors (Lipinski definition) is 2. The van der Waals surface area contributed by atoms with Crippen LogP contribution < -0.4 is 0 Å². The van der Waals surface area contributed by atoms with E-state index < -0.39 is 21.0 Å². The van der Waals surface area contributed by atoms with Crippen LogP contribution >= 0.6 is 0 Å². The molecule has 1 aliphatic rings. The van der Waals surface area contributed by atoms with Gasteiger partial charge < -0.3 is 10.2 Å². The predicted molar refractivity (Wildman–Crippen MR) is 42.4 cm³/mol. The van der Waals surface area contributed by atoms with Gasteiger partial charge in [-0.2, -0.15) is 0 Å². The number of aliphatic hydroxyl groups is 2. The van der Waals surface area contributed by atoms with Crippen molar-refractivity contribution in [2.75, 3.05) is 0 Å².